The van der Waals surface area contributed by atoms with Crippen LogP contribution >= 0.6 is 12.4 Å². The van der Waals surface area contributed by atoms with Crippen LogP contribution in [-0.2, 0) is 12.8 Å². The normalized spacial score (nSPS) is 18.0. The Bertz CT molecular complexity index is 603. The molecule has 1 aliphatic heterocycles. The number of benzene rings is 1. The summed E-state index contributed by atoms with van der Waals surface area (Å²) >= 11 is 0. The summed E-state index contributed by atoms with van der Waals surface area (Å²) in [4.78, 5) is 4.51. The zero-order chi connectivity index (χ0) is 14.7. The van der Waals surface area contributed by atoms with E-state index < -0.39 is 0 Å². The number of hydrogen-bond donors (Lipinski definition) is 1. The summed E-state index contributed by atoms with van der Waals surface area (Å²) in [6.45, 7) is 2.85. The Hall–Kier alpha value is -1.59. The molecule has 1 aromatic heterocycles. The number of halogens is 1. The van der Waals surface area contributed by atoms with Crippen molar-refractivity contribution < 1.29 is 9.26 Å². The molecule has 0 amide bonds. The highest BCUT2D eigenvalue weighted by atomic mass is 35.5. The highest BCUT2D eigenvalue weighted by Crippen LogP contribution is 2.35. The standard InChI is InChI=1S/C16H21N3O2.ClH/c1-11(17-2)9-15-18-16(21-19-15)10-12-7-8-20-14-6-4-3-5-13(12)14;/h3-6,11-12,17H,7-10H2,1-2H3;1H. The first-order valence-corrected chi connectivity index (χ1v) is 7.46. The Kier molecular flexibility index (Phi) is 5.80. The molecule has 2 aromatic rings. The fourth-order valence-corrected chi connectivity index (χ4v) is 2.67. The third-order valence-corrected chi connectivity index (χ3v) is 4.00. The summed E-state index contributed by atoms with van der Waals surface area (Å²) in [6.07, 6.45) is 2.55. The minimum Gasteiger partial charge on any atom is -0.493 e. The van der Waals surface area contributed by atoms with E-state index in [0.29, 0.717) is 12.0 Å². The van der Waals surface area contributed by atoms with Gasteiger partial charge in [0.05, 0.1) is 6.61 Å². The van der Waals surface area contributed by atoms with Gasteiger partial charge in [-0.1, -0.05) is 23.4 Å². The van der Waals surface area contributed by atoms with Gasteiger partial charge in [0.15, 0.2) is 5.82 Å². The van der Waals surface area contributed by atoms with Gasteiger partial charge in [0.25, 0.3) is 0 Å². The maximum Gasteiger partial charge on any atom is 0.227 e. The number of fused-ring (bicyclic) bond motifs is 1. The number of rotatable bonds is 5. The van der Waals surface area contributed by atoms with E-state index >= 15 is 0 Å². The molecule has 2 atom stereocenters. The first-order valence-electron chi connectivity index (χ1n) is 7.46. The summed E-state index contributed by atoms with van der Waals surface area (Å²) in [6, 6.07) is 8.55. The molecule has 0 fully saturated rings. The predicted octanol–water partition coefficient (Wildman–Crippen LogP) is 2.75. The number of ether oxygens (including phenoxy) is 1. The van der Waals surface area contributed by atoms with E-state index in [4.69, 9.17) is 9.26 Å². The molecule has 22 heavy (non-hydrogen) atoms. The quantitative estimate of drug-likeness (QED) is 0.916. The van der Waals surface area contributed by atoms with E-state index in [-0.39, 0.29) is 12.4 Å². The van der Waals surface area contributed by atoms with Crippen molar-refractivity contribution in [2.75, 3.05) is 13.7 Å². The number of aromatic nitrogens is 2. The molecule has 0 aliphatic carbocycles. The molecule has 0 spiro atoms. The van der Waals surface area contributed by atoms with Crippen molar-refractivity contribution in [2.24, 2.45) is 0 Å². The average Bonchev–Trinajstić information content (AvgIpc) is 2.94. The number of para-hydroxylation sites is 1. The highest BCUT2D eigenvalue weighted by Gasteiger charge is 2.23. The maximum atomic E-state index is 5.69. The van der Waals surface area contributed by atoms with Crippen LogP contribution in [0.1, 0.15) is 36.5 Å². The van der Waals surface area contributed by atoms with E-state index in [0.717, 1.165) is 43.3 Å². The van der Waals surface area contributed by atoms with Crippen LogP contribution in [0.15, 0.2) is 28.8 Å². The maximum absolute atomic E-state index is 5.69. The van der Waals surface area contributed by atoms with Gasteiger partial charge in [-0.15, -0.1) is 12.4 Å². The molecule has 0 saturated carbocycles. The molecule has 1 N–H and O–H groups in total. The highest BCUT2D eigenvalue weighted by molar-refractivity contribution is 5.85. The van der Waals surface area contributed by atoms with Gasteiger partial charge < -0.3 is 14.6 Å². The van der Waals surface area contributed by atoms with Crippen LogP contribution in [-0.4, -0.2) is 29.8 Å². The van der Waals surface area contributed by atoms with Crippen LogP contribution in [0.3, 0.4) is 0 Å². The summed E-state index contributed by atoms with van der Waals surface area (Å²) in [5, 5.41) is 7.25. The van der Waals surface area contributed by atoms with E-state index in [2.05, 4.69) is 28.4 Å². The van der Waals surface area contributed by atoms with Crippen molar-refractivity contribution in [3.05, 3.63) is 41.5 Å². The molecule has 120 valence electrons. The number of likely N-dealkylation sites (N-methyl/N-ethyl adjacent to an activating group) is 1. The van der Waals surface area contributed by atoms with Gasteiger partial charge in [-0.2, -0.15) is 4.98 Å². The van der Waals surface area contributed by atoms with Gasteiger partial charge >= 0.3 is 0 Å². The second kappa shape index (κ2) is 7.61. The van der Waals surface area contributed by atoms with E-state index in [1.165, 1.54) is 5.56 Å². The van der Waals surface area contributed by atoms with E-state index in [1.54, 1.807) is 0 Å². The number of nitrogens with zero attached hydrogens (tertiary/aromatic N) is 2. The predicted molar refractivity (Wildman–Crippen MR) is 86.8 cm³/mol. The van der Waals surface area contributed by atoms with Crippen molar-refractivity contribution in [1.82, 2.24) is 15.5 Å². The topological polar surface area (TPSA) is 60.2 Å². The second-order valence-electron chi connectivity index (χ2n) is 5.57. The molecule has 1 aliphatic rings. The van der Waals surface area contributed by atoms with Crippen molar-refractivity contribution >= 4 is 12.4 Å². The third kappa shape index (κ3) is 3.78. The lowest BCUT2D eigenvalue weighted by atomic mass is 9.90. The van der Waals surface area contributed by atoms with Crippen LogP contribution in [0.4, 0.5) is 0 Å². The molecule has 5 nitrogen and oxygen atoms in total. The van der Waals surface area contributed by atoms with Crippen molar-refractivity contribution in [2.45, 2.75) is 38.1 Å². The summed E-state index contributed by atoms with van der Waals surface area (Å²) in [7, 11) is 1.94. The van der Waals surface area contributed by atoms with Gasteiger partial charge in [-0.3, -0.25) is 0 Å². The second-order valence-corrected chi connectivity index (χ2v) is 5.57. The van der Waals surface area contributed by atoms with Gasteiger partial charge in [0.1, 0.15) is 5.75 Å². The Morgan fingerprint density at radius 2 is 2.18 bits per heavy atom. The molecule has 3 rings (SSSR count). The molecule has 0 radical (unpaired) electrons. The van der Waals surface area contributed by atoms with Gasteiger partial charge in [0, 0.05) is 18.9 Å². The molecule has 6 heteroatoms. The van der Waals surface area contributed by atoms with Gasteiger partial charge in [-0.25, -0.2) is 0 Å². The van der Waals surface area contributed by atoms with Crippen molar-refractivity contribution in [3.63, 3.8) is 0 Å². The Balaban J connectivity index is 0.00000176. The van der Waals surface area contributed by atoms with Crippen molar-refractivity contribution in [1.29, 1.82) is 0 Å². The fraction of sp³-hybridized carbons (Fsp3) is 0.500. The average molecular weight is 324 g/mol. The number of nitrogens with one attached hydrogen (secondary N) is 1. The first-order chi connectivity index (χ1) is 10.3. The SMILES string of the molecule is CNC(C)Cc1noc(CC2CCOc3ccccc32)n1.Cl. The van der Waals surface area contributed by atoms with Gasteiger partial charge in [-0.05, 0) is 37.9 Å². The lowest BCUT2D eigenvalue weighted by Crippen LogP contribution is -2.24. The van der Waals surface area contributed by atoms with Crippen LogP contribution < -0.4 is 10.1 Å². The lowest BCUT2D eigenvalue weighted by Gasteiger charge is -2.24. The number of hydrogen-bond acceptors (Lipinski definition) is 5. The third-order valence-electron chi connectivity index (χ3n) is 4.00. The molecule has 0 bridgehead atoms. The van der Waals surface area contributed by atoms with Gasteiger partial charge in [0.2, 0.25) is 5.89 Å². The van der Waals surface area contributed by atoms with Crippen LogP contribution in [0.5, 0.6) is 5.75 Å². The van der Waals surface area contributed by atoms with Crippen LogP contribution in [0.25, 0.3) is 0 Å². The zero-order valence-corrected chi connectivity index (χ0v) is 13.7. The van der Waals surface area contributed by atoms with Crippen LogP contribution in [0, 0.1) is 0 Å². The molecular weight excluding hydrogens is 302 g/mol. The van der Waals surface area contributed by atoms with E-state index in [1.807, 2.05) is 25.2 Å². The molecule has 1 aromatic carbocycles. The first kappa shape index (κ1) is 16.8. The minimum absolute atomic E-state index is 0. The van der Waals surface area contributed by atoms with E-state index in [9.17, 15) is 0 Å². The minimum atomic E-state index is 0. The summed E-state index contributed by atoms with van der Waals surface area (Å²) < 4.78 is 11.1. The Labute approximate surface area is 136 Å². The Morgan fingerprint density at radius 1 is 1.36 bits per heavy atom. The smallest absolute Gasteiger partial charge is 0.227 e. The monoisotopic (exact) mass is 323 g/mol. The largest absolute Gasteiger partial charge is 0.493 e. The summed E-state index contributed by atoms with van der Waals surface area (Å²) in [5.74, 6) is 2.87. The lowest BCUT2D eigenvalue weighted by molar-refractivity contribution is 0.259. The summed E-state index contributed by atoms with van der Waals surface area (Å²) in [5.41, 5.74) is 1.24. The molecule has 2 heterocycles. The molecule has 0 saturated heterocycles. The zero-order valence-electron chi connectivity index (χ0n) is 12.9. The van der Waals surface area contributed by atoms with Crippen LogP contribution in [0.2, 0.25) is 0 Å². The molecular formula is C16H22ClN3O2. The Morgan fingerprint density at radius 3 is 3.00 bits per heavy atom. The van der Waals surface area contributed by atoms with Crippen molar-refractivity contribution in [3.8, 4) is 5.75 Å². The molecule has 2 unspecified atom stereocenters. The fourth-order valence-electron chi connectivity index (χ4n) is 2.67.